The summed E-state index contributed by atoms with van der Waals surface area (Å²) in [7, 11) is -3.62. The number of hydrogen-bond donors (Lipinski definition) is 1. The van der Waals surface area contributed by atoms with Crippen molar-refractivity contribution in [1.82, 2.24) is 0 Å². The Morgan fingerprint density at radius 2 is 1.88 bits per heavy atom. The predicted octanol–water partition coefficient (Wildman–Crippen LogP) is 3.01. The average Bonchev–Trinajstić information content (AvgIpc) is 2.80. The van der Waals surface area contributed by atoms with Gasteiger partial charge in [-0.05, 0) is 37.8 Å². The molecule has 0 aliphatic heterocycles. The smallest absolute Gasteiger partial charge is 0.321 e. The van der Waals surface area contributed by atoms with Gasteiger partial charge in [-0.1, -0.05) is 30.5 Å². The topological polar surface area (TPSA) is 46.5 Å². The minimum absolute atomic E-state index is 0.390. The second kappa shape index (κ2) is 5.34. The Labute approximate surface area is 102 Å². The molecule has 0 spiro atoms. The van der Waals surface area contributed by atoms with Crippen molar-refractivity contribution in [2.75, 3.05) is 6.61 Å². The number of rotatable bonds is 4. The van der Waals surface area contributed by atoms with E-state index in [2.05, 4.69) is 0 Å². The first kappa shape index (κ1) is 12.8. The lowest BCUT2D eigenvalue weighted by Gasteiger charge is -2.15. The quantitative estimate of drug-likeness (QED) is 0.840. The second-order valence-corrected chi connectivity index (χ2v) is 6.62. The summed E-state index contributed by atoms with van der Waals surface area (Å²) in [5.74, 6) is 0.459. The maximum absolute atomic E-state index is 12.0. The minimum Gasteiger partial charge on any atom is -0.321 e. The first-order valence-corrected chi connectivity index (χ1v) is 7.70. The Morgan fingerprint density at radius 3 is 2.47 bits per heavy atom. The van der Waals surface area contributed by atoms with Gasteiger partial charge in [0.15, 0.2) is 0 Å². The third kappa shape index (κ3) is 3.41. The molecule has 3 nitrogen and oxygen atoms in total. The number of hydrogen-bond acceptors (Lipinski definition) is 2. The molecule has 1 fully saturated rings. The van der Waals surface area contributed by atoms with Crippen LogP contribution < -0.4 is 5.30 Å². The zero-order valence-corrected chi connectivity index (χ0v) is 11.0. The van der Waals surface area contributed by atoms with E-state index in [1.165, 1.54) is 12.8 Å². The molecular formula is C13H19O3P. The summed E-state index contributed by atoms with van der Waals surface area (Å²) in [5, 5.41) is 0.390. The monoisotopic (exact) mass is 254 g/mol. The van der Waals surface area contributed by atoms with Crippen LogP contribution in [0.2, 0.25) is 0 Å². The Kier molecular flexibility index (Phi) is 4.03. The summed E-state index contributed by atoms with van der Waals surface area (Å²) in [4.78, 5) is 9.87. The second-order valence-electron chi connectivity index (χ2n) is 4.80. The Balaban J connectivity index is 1.97. The van der Waals surface area contributed by atoms with Crippen LogP contribution in [-0.2, 0) is 9.09 Å². The molecule has 2 rings (SSSR count). The molecule has 1 aromatic rings. The fraction of sp³-hybridized carbons (Fsp3) is 0.538. The van der Waals surface area contributed by atoms with Crippen molar-refractivity contribution in [2.24, 2.45) is 5.92 Å². The zero-order chi connectivity index (χ0) is 12.3. The van der Waals surface area contributed by atoms with Crippen molar-refractivity contribution >= 4 is 12.9 Å². The summed E-state index contributed by atoms with van der Waals surface area (Å²) in [6, 6.07) is 7.00. The fourth-order valence-electron chi connectivity index (χ4n) is 2.19. The van der Waals surface area contributed by atoms with Crippen LogP contribution in [0.3, 0.4) is 0 Å². The first-order chi connectivity index (χ1) is 8.08. The maximum atomic E-state index is 12.0. The van der Waals surface area contributed by atoms with E-state index in [0.29, 0.717) is 17.8 Å². The van der Waals surface area contributed by atoms with Gasteiger partial charge in [-0.25, -0.2) is 0 Å². The predicted molar refractivity (Wildman–Crippen MR) is 68.5 cm³/mol. The summed E-state index contributed by atoms with van der Waals surface area (Å²) >= 11 is 0. The average molecular weight is 254 g/mol. The van der Waals surface area contributed by atoms with Crippen molar-refractivity contribution in [1.29, 1.82) is 0 Å². The van der Waals surface area contributed by atoms with E-state index in [4.69, 9.17) is 4.52 Å². The normalized spacial score (nSPS) is 20.4. The standard InChI is InChI=1S/C13H19O3P/c1-11-6-8-13(9-7-11)17(14,15)16-10-12-4-2-3-5-12/h6-9,12H,2-5,10H2,1H3,(H,14,15). The molecule has 17 heavy (non-hydrogen) atoms. The SMILES string of the molecule is Cc1ccc(P(=O)(O)OCC2CCCC2)cc1. The molecule has 1 aromatic carbocycles. The van der Waals surface area contributed by atoms with Gasteiger partial charge >= 0.3 is 7.60 Å². The van der Waals surface area contributed by atoms with E-state index in [0.717, 1.165) is 18.4 Å². The molecule has 0 amide bonds. The van der Waals surface area contributed by atoms with E-state index >= 15 is 0 Å². The van der Waals surface area contributed by atoms with Gasteiger partial charge < -0.3 is 9.42 Å². The number of aryl methyl sites for hydroxylation is 1. The molecule has 94 valence electrons. The molecule has 4 heteroatoms. The highest BCUT2D eigenvalue weighted by Gasteiger charge is 2.25. The Bertz CT molecular complexity index is 407. The number of benzene rings is 1. The Morgan fingerprint density at radius 1 is 1.29 bits per heavy atom. The highest BCUT2D eigenvalue weighted by Crippen LogP contribution is 2.42. The molecule has 1 aliphatic carbocycles. The summed E-state index contributed by atoms with van der Waals surface area (Å²) in [6.45, 7) is 2.35. The van der Waals surface area contributed by atoms with Crippen LogP contribution in [0.15, 0.2) is 24.3 Å². The summed E-state index contributed by atoms with van der Waals surface area (Å²) in [5.41, 5.74) is 1.07. The van der Waals surface area contributed by atoms with Crippen LogP contribution in [0, 0.1) is 12.8 Å². The van der Waals surface area contributed by atoms with Crippen molar-refractivity contribution in [3.63, 3.8) is 0 Å². The highest BCUT2D eigenvalue weighted by atomic mass is 31.2. The highest BCUT2D eigenvalue weighted by molar-refractivity contribution is 7.61. The molecule has 0 heterocycles. The van der Waals surface area contributed by atoms with Gasteiger partial charge in [0.1, 0.15) is 0 Å². The molecule has 0 aromatic heterocycles. The van der Waals surface area contributed by atoms with Crippen LogP contribution in [0.5, 0.6) is 0 Å². The zero-order valence-electron chi connectivity index (χ0n) is 10.1. The Hall–Kier alpha value is -0.630. The lowest BCUT2D eigenvalue weighted by molar-refractivity contribution is 0.223. The third-order valence-electron chi connectivity index (χ3n) is 3.32. The summed E-state index contributed by atoms with van der Waals surface area (Å²) < 4.78 is 17.3. The largest absolute Gasteiger partial charge is 0.358 e. The van der Waals surface area contributed by atoms with Gasteiger partial charge in [-0.3, -0.25) is 4.57 Å². The molecule has 1 N–H and O–H groups in total. The van der Waals surface area contributed by atoms with Gasteiger partial charge in [-0.15, -0.1) is 0 Å². The minimum atomic E-state index is -3.62. The molecule has 0 bridgehead atoms. The molecular weight excluding hydrogens is 235 g/mol. The van der Waals surface area contributed by atoms with Gasteiger partial charge in [0.05, 0.1) is 11.9 Å². The van der Waals surface area contributed by atoms with E-state index in [-0.39, 0.29) is 0 Å². The van der Waals surface area contributed by atoms with Crippen LogP contribution in [0.1, 0.15) is 31.2 Å². The van der Waals surface area contributed by atoms with Crippen LogP contribution in [-0.4, -0.2) is 11.5 Å². The lowest BCUT2D eigenvalue weighted by atomic mass is 10.1. The van der Waals surface area contributed by atoms with E-state index < -0.39 is 7.60 Å². The van der Waals surface area contributed by atoms with Crippen molar-refractivity contribution < 1.29 is 14.0 Å². The molecule has 1 aliphatic rings. The molecule has 1 saturated carbocycles. The van der Waals surface area contributed by atoms with Crippen LogP contribution in [0.4, 0.5) is 0 Å². The molecule has 1 unspecified atom stereocenters. The van der Waals surface area contributed by atoms with Crippen LogP contribution >= 0.6 is 7.60 Å². The van der Waals surface area contributed by atoms with Gasteiger partial charge in [0, 0.05) is 0 Å². The first-order valence-electron chi connectivity index (χ1n) is 6.12. The lowest BCUT2D eigenvalue weighted by Crippen LogP contribution is -2.11. The molecule has 0 saturated heterocycles. The third-order valence-corrected chi connectivity index (χ3v) is 4.77. The molecule has 0 radical (unpaired) electrons. The van der Waals surface area contributed by atoms with E-state index in [1.54, 1.807) is 12.1 Å². The van der Waals surface area contributed by atoms with Gasteiger partial charge in [0.25, 0.3) is 0 Å². The van der Waals surface area contributed by atoms with E-state index in [9.17, 15) is 9.46 Å². The van der Waals surface area contributed by atoms with Crippen LogP contribution in [0.25, 0.3) is 0 Å². The molecule has 1 atom stereocenters. The van der Waals surface area contributed by atoms with E-state index in [1.807, 2.05) is 19.1 Å². The van der Waals surface area contributed by atoms with Gasteiger partial charge in [-0.2, -0.15) is 0 Å². The summed E-state index contributed by atoms with van der Waals surface area (Å²) in [6.07, 6.45) is 4.67. The van der Waals surface area contributed by atoms with Crippen molar-refractivity contribution in [3.05, 3.63) is 29.8 Å². The maximum Gasteiger partial charge on any atom is 0.358 e. The fourth-order valence-corrected chi connectivity index (χ4v) is 3.28. The van der Waals surface area contributed by atoms with Gasteiger partial charge in [0.2, 0.25) is 0 Å². The van der Waals surface area contributed by atoms with Crippen molar-refractivity contribution in [3.8, 4) is 0 Å². The van der Waals surface area contributed by atoms with Crippen molar-refractivity contribution in [2.45, 2.75) is 32.6 Å².